The quantitative estimate of drug-likeness (QED) is 0.220. The van der Waals surface area contributed by atoms with Gasteiger partial charge in [0.05, 0.1) is 9.83 Å². The Morgan fingerprint density at radius 3 is 2.64 bits per heavy atom. The Morgan fingerprint density at radius 2 is 1.89 bits per heavy atom. The molecule has 7 nitrogen and oxygen atoms in total. The number of benzene rings is 2. The zero-order valence-electron chi connectivity index (χ0n) is 20.3. The van der Waals surface area contributed by atoms with Gasteiger partial charge in [-0.25, -0.2) is 0 Å². The fourth-order valence-corrected chi connectivity index (χ4v) is 6.25. The number of nitrogens with one attached hydrogen (secondary N) is 1. The second-order valence-electron chi connectivity index (χ2n) is 9.49. The van der Waals surface area contributed by atoms with Crippen molar-refractivity contribution in [1.82, 2.24) is 4.90 Å². The van der Waals surface area contributed by atoms with E-state index in [2.05, 4.69) is 12.2 Å². The van der Waals surface area contributed by atoms with Gasteiger partial charge in [0, 0.05) is 35.5 Å². The molecule has 1 saturated heterocycles. The molecule has 36 heavy (non-hydrogen) atoms. The summed E-state index contributed by atoms with van der Waals surface area (Å²) in [5.41, 5.74) is 2.33. The number of rotatable bonds is 6. The minimum absolute atomic E-state index is 0.0108. The van der Waals surface area contributed by atoms with Gasteiger partial charge in [-0.05, 0) is 55.5 Å². The third-order valence-electron chi connectivity index (χ3n) is 7.02. The molecule has 1 amide bonds. The highest BCUT2D eigenvalue weighted by atomic mass is 32.2. The van der Waals surface area contributed by atoms with Gasteiger partial charge in [0.2, 0.25) is 0 Å². The van der Waals surface area contributed by atoms with E-state index in [0.717, 1.165) is 30.5 Å². The Kier molecular flexibility index (Phi) is 6.87. The van der Waals surface area contributed by atoms with Gasteiger partial charge in [-0.2, -0.15) is 0 Å². The number of aryl methyl sites for hydroxylation is 1. The van der Waals surface area contributed by atoms with Gasteiger partial charge in [0.1, 0.15) is 11.5 Å². The van der Waals surface area contributed by atoms with Crippen LogP contribution in [0.3, 0.4) is 0 Å². The molecular weight excluding hydrogens is 474 g/mol. The number of nitro groups is 1. The fourth-order valence-electron chi connectivity index (χ4n) is 5.06. The molecule has 2 aliphatic rings. The summed E-state index contributed by atoms with van der Waals surface area (Å²) in [6.07, 6.45) is 6.25. The first-order chi connectivity index (χ1) is 17.4. The lowest BCUT2D eigenvalue weighted by Gasteiger charge is -2.39. The maximum atomic E-state index is 13.7. The fraction of sp³-hybridized carbons (Fsp3) is 0.321. The molecule has 0 spiro atoms. The molecule has 8 heteroatoms. The average Bonchev–Trinajstić information content (AvgIpc) is 3.45. The molecule has 2 aromatic carbocycles. The van der Waals surface area contributed by atoms with Crippen molar-refractivity contribution >= 4 is 35.1 Å². The van der Waals surface area contributed by atoms with E-state index in [1.807, 2.05) is 42.2 Å². The molecule has 0 bridgehead atoms. The summed E-state index contributed by atoms with van der Waals surface area (Å²) in [7, 11) is 0. The summed E-state index contributed by atoms with van der Waals surface area (Å²) in [6.45, 7) is 4.13. The molecule has 186 valence electrons. The molecule has 1 unspecified atom stereocenters. The molecular formula is C28H29N3O4S. The second kappa shape index (κ2) is 10.2. The molecule has 3 atom stereocenters. The van der Waals surface area contributed by atoms with Crippen LogP contribution < -0.4 is 5.32 Å². The summed E-state index contributed by atoms with van der Waals surface area (Å²) in [5.74, 6) is 1.53. The van der Waals surface area contributed by atoms with Gasteiger partial charge in [0.15, 0.2) is 5.50 Å². The molecule has 1 N–H and O–H groups in total. The SMILES string of the molecule is Cc1ccc([N+](=O)[O-])cc1-c1ccc(/C=C2\SC(Nc3ccccc3)N([C@@H]3CCCC[C@@H]3C)C2=O)o1. The van der Waals surface area contributed by atoms with Crippen LogP contribution in [-0.2, 0) is 4.79 Å². The van der Waals surface area contributed by atoms with Crippen LogP contribution in [0.25, 0.3) is 17.4 Å². The molecule has 1 saturated carbocycles. The van der Waals surface area contributed by atoms with Crippen LogP contribution >= 0.6 is 11.8 Å². The maximum absolute atomic E-state index is 13.7. The first-order valence-corrected chi connectivity index (χ1v) is 13.2. The standard InChI is InChI=1S/C28H29N3O4S/c1-18-12-13-21(31(33)34)16-23(18)25-15-14-22(35-25)17-26-27(32)30(24-11-7-6-8-19(24)2)28(36-26)29-20-9-4-3-5-10-20/h3-5,9-10,12-17,19,24,28-29H,6-8,11H2,1-2H3/b26-17-/t19-,24+,28?/m0/s1. The van der Waals surface area contributed by atoms with Gasteiger partial charge in [0.25, 0.3) is 11.6 Å². The Morgan fingerprint density at radius 1 is 1.11 bits per heavy atom. The van der Waals surface area contributed by atoms with Crippen molar-refractivity contribution in [2.75, 3.05) is 5.32 Å². The third kappa shape index (κ3) is 4.91. The summed E-state index contributed by atoms with van der Waals surface area (Å²) in [4.78, 5) is 27.1. The van der Waals surface area contributed by atoms with Gasteiger partial charge in [-0.3, -0.25) is 14.9 Å². The minimum atomic E-state index is -0.413. The Labute approximate surface area is 214 Å². The number of nitro benzene ring substituents is 1. The highest BCUT2D eigenvalue weighted by Crippen LogP contribution is 2.42. The van der Waals surface area contributed by atoms with E-state index in [1.54, 1.807) is 24.3 Å². The van der Waals surface area contributed by atoms with Crippen LogP contribution in [0.1, 0.15) is 43.9 Å². The Bertz CT molecular complexity index is 1300. The largest absolute Gasteiger partial charge is 0.457 e. The summed E-state index contributed by atoms with van der Waals surface area (Å²) < 4.78 is 6.05. The first kappa shape index (κ1) is 24.2. The lowest BCUT2D eigenvalue weighted by molar-refractivity contribution is -0.384. The highest BCUT2D eigenvalue weighted by molar-refractivity contribution is 8.05. The molecule has 1 aliphatic carbocycles. The lowest BCUT2D eigenvalue weighted by atomic mass is 9.85. The predicted molar refractivity (Wildman–Crippen MR) is 143 cm³/mol. The summed E-state index contributed by atoms with van der Waals surface area (Å²) in [6, 6.07) is 18.5. The van der Waals surface area contributed by atoms with Crippen LogP contribution in [-0.4, -0.2) is 27.3 Å². The van der Waals surface area contributed by atoms with Crippen molar-refractivity contribution < 1.29 is 14.1 Å². The molecule has 0 radical (unpaired) electrons. The number of para-hydroxylation sites is 1. The third-order valence-corrected chi connectivity index (χ3v) is 8.14. The number of non-ortho nitro benzene ring substituents is 1. The van der Waals surface area contributed by atoms with Gasteiger partial charge in [-0.15, -0.1) is 0 Å². The number of carbonyl (C=O) groups excluding carboxylic acids is 1. The lowest BCUT2D eigenvalue weighted by Crippen LogP contribution is -2.48. The predicted octanol–water partition coefficient (Wildman–Crippen LogP) is 7.05. The van der Waals surface area contributed by atoms with E-state index < -0.39 is 4.92 Å². The molecule has 1 aromatic heterocycles. The van der Waals surface area contributed by atoms with E-state index >= 15 is 0 Å². The van der Waals surface area contributed by atoms with Crippen molar-refractivity contribution in [3.05, 3.63) is 87.0 Å². The smallest absolute Gasteiger partial charge is 0.270 e. The normalized spacial score (nSPS) is 23.3. The van der Waals surface area contributed by atoms with Crippen LogP contribution in [0.5, 0.6) is 0 Å². The highest BCUT2D eigenvalue weighted by Gasteiger charge is 2.43. The minimum Gasteiger partial charge on any atom is -0.457 e. The monoisotopic (exact) mass is 503 g/mol. The van der Waals surface area contributed by atoms with E-state index in [9.17, 15) is 14.9 Å². The molecule has 1 aliphatic heterocycles. The number of thioether (sulfide) groups is 1. The second-order valence-corrected chi connectivity index (χ2v) is 10.6. The van der Waals surface area contributed by atoms with Crippen molar-refractivity contribution in [3.8, 4) is 11.3 Å². The number of carbonyl (C=O) groups is 1. The van der Waals surface area contributed by atoms with Crippen molar-refractivity contribution in [1.29, 1.82) is 0 Å². The first-order valence-electron chi connectivity index (χ1n) is 12.3. The molecule has 2 heterocycles. The van der Waals surface area contributed by atoms with E-state index in [1.165, 1.54) is 30.3 Å². The van der Waals surface area contributed by atoms with Gasteiger partial charge >= 0.3 is 0 Å². The van der Waals surface area contributed by atoms with Crippen LogP contribution in [0.4, 0.5) is 11.4 Å². The molecule has 3 aromatic rings. The zero-order chi connectivity index (χ0) is 25.2. The Balaban J connectivity index is 1.44. The Hall–Kier alpha value is -3.52. The van der Waals surface area contributed by atoms with Crippen LogP contribution in [0.15, 0.2) is 70.0 Å². The van der Waals surface area contributed by atoms with Crippen molar-refractivity contribution in [2.24, 2.45) is 5.92 Å². The van der Waals surface area contributed by atoms with Crippen LogP contribution in [0, 0.1) is 23.0 Å². The van der Waals surface area contributed by atoms with Crippen LogP contribution in [0.2, 0.25) is 0 Å². The van der Waals surface area contributed by atoms with Gasteiger partial charge < -0.3 is 14.6 Å². The summed E-state index contributed by atoms with van der Waals surface area (Å²) >= 11 is 1.50. The maximum Gasteiger partial charge on any atom is 0.270 e. The topological polar surface area (TPSA) is 88.6 Å². The average molecular weight is 504 g/mol. The zero-order valence-corrected chi connectivity index (χ0v) is 21.2. The van der Waals surface area contributed by atoms with E-state index in [0.29, 0.717) is 27.9 Å². The number of nitrogens with zero attached hydrogens (tertiary/aromatic N) is 2. The summed E-state index contributed by atoms with van der Waals surface area (Å²) in [5, 5.41) is 14.8. The van der Waals surface area contributed by atoms with Crippen molar-refractivity contribution in [3.63, 3.8) is 0 Å². The van der Waals surface area contributed by atoms with E-state index in [-0.39, 0.29) is 23.1 Å². The number of furan rings is 1. The molecule has 5 rings (SSSR count). The van der Waals surface area contributed by atoms with Gasteiger partial charge in [-0.1, -0.05) is 55.8 Å². The molecule has 2 fully saturated rings. The number of hydrogen-bond donors (Lipinski definition) is 1. The van der Waals surface area contributed by atoms with Crippen molar-refractivity contribution in [2.45, 2.75) is 51.1 Å². The number of hydrogen-bond acceptors (Lipinski definition) is 6. The number of anilines is 1. The number of amides is 1. The van der Waals surface area contributed by atoms with E-state index in [4.69, 9.17) is 4.42 Å².